The van der Waals surface area contributed by atoms with Crippen LogP contribution in [0.5, 0.6) is 5.75 Å². The minimum Gasteiger partial charge on any atom is -0.497 e. The molecular formula is C14H12N4O6S. The lowest BCUT2D eigenvalue weighted by molar-refractivity contribution is -0.114. The predicted molar refractivity (Wildman–Crippen MR) is 83.5 cm³/mol. The minimum atomic E-state index is -3.83. The van der Waals surface area contributed by atoms with Gasteiger partial charge in [0.05, 0.1) is 18.2 Å². The molecule has 2 heterocycles. The molecule has 1 aromatic carbocycles. The Balaban J connectivity index is 1.67. The van der Waals surface area contributed by atoms with Crippen LogP contribution in [0.3, 0.4) is 0 Å². The third-order valence-corrected chi connectivity index (χ3v) is 4.69. The number of nitrogens with zero attached hydrogens (tertiary/aromatic N) is 3. The number of nitrogens with one attached hydrogen (secondary N) is 1. The van der Waals surface area contributed by atoms with Gasteiger partial charge >= 0.3 is 6.01 Å². The molecule has 0 saturated heterocycles. The molecule has 3 aromatic rings. The van der Waals surface area contributed by atoms with E-state index in [0.717, 1.165) is 0 Å². The van der Waals surface area contributed by atoms with Gasteiger partial charge in [-0.3, -0.25) is 10.1 Å². The van der Waals surface area contributed by atoms with E-state index in [1.54, 1.807) is 0 Å². The maximum absolute atomic E-state index is 12.2. The fourth-order valence-electron chi connectivity index (χ4n) is 1.89. The van der Waals surface area contributed by atoms with Crippen molar-refractivity contribution in [1.82, 2.24) is 15.4 Å². The standard InChI is InChI=1S/C14H12N4O6S/c1-22-9-2-4-10(5-3-9)25(20,21)8-12(19)16-14-18-17-13(23-14)11-6-7-15-24-11/h2-7H,8H2,1H3,(H,16,18,19). The first kappa shape index (κ1) is 16.6. The predicted octanol–water partition coefficient (Wildman–Crippen LogP) is 1.15. The number of benzene rings is 1. The summed E-state index contributed by atoms with van der Waals surface area (Å²) < 4.78 is 39.4. The van der Waals surface area contributed by atoms with Gasteiger partial charge in [0.1, 0.15) is 11.5 Å². The lowest BCUT2D eigenvalue weighted by Gasteiger charge is -2.05. The molecule has 25 heavy (non-hydrogen) atoms. The Hall–Kier alpha value is -3.21. The van der Waals surface area contributed by atoms with Gasteiger partial charge in [-0.2, -0.15) is 0 Å². The maximum atomic E-state index is 12.2. The van der Waals surface area contributed by atoms with E-state index in [2.05, 4.69) is 20.7 Å². The van der Waals surface area contributed by atoms with Crippen molar-refractivity contribution in [2.24, 2.45) is 0 Å². The number of hydrogen-bond acceptors (Lipinski definition) is 9. The largest absolute Gasteiger partial charge is 0.497 e. The van der Waals surface area contributed by atoms with Gasteiger partial charge in [0.15, 0.2) is 9.84 Å². The van der Waals surface area contributed by atoms with E-state index in [9.17, 15) is 13.2 Å². The van der Waals surface area contributed by atoms with Crippen molar-refractivity contribution in [3.05, 3.63) is 36.5 Å². The number of methoxy groups -OCH3 is 1. The summed E-state index contributed by atoms with van der Waals surface area (Å²) in [6, 6.07) is 6.94. The molecule has 0 bridgehead atoms. The number of ether oxygens (including phenoxy) is 1. The number of carbonyl (C=O) groups excluding carboxylic acids is 1. The molecule has 0 saturated carbocycles. The number of anilines is 1. The number of sulfone groups is 1. The Morgan fingerprint density at radius 2 is 1.96 bits per heavy atom. The van der Waals surface area contributed by atoms with E-state index in [0.29, 0.717) is 5.75 Å². The Kier molecular flexibility index (Phi) is 4.48. The second-order valence-corrected chi connectivity index (χ2v) is 6.76. The number of rotatable bonds is 6. The molecular weight excluding hydrogens is 352 g/mol. The lowest BCUT2D eigenvalue weighted by Crippen LogP contribution is -2.23. The highest BCUT2D eigenvalue weighted by Crippen LogP contribution is 2.19. The molecule has 11 heteroatoms. The summed E-state index contributed by atoms with van der Waals surface area (Å²) in [5, 5.41) is 13.0. The number of amides is 1. The second kappa shape index (κ2) is 6.73. The van der Waals surface area contributed by atoms with E-state index in [1.165, 1.54) is 43.6 Å². The van der Waals surface area contributed by atoms with Gasteiger partial charge in [0.2, 0.25) is 11.7 Å². The van der Waals surface area contributed by atoms with Crippen molar-refractivity contribution in [2.75, 3.05) is 18.2 Å². The molecule has 10 nitrogen and oxygen atoms in total. The zero-order valence-electron chi connectivity index (χ0n) is 12.9. The Morgan fingerprint density at radius 3 is 2.60 bits per heavy atom. The number of hydrogen-bond donors (Lipinski definition) is 1. The van der Waals surface area contributed by atoms with Crippen molar-refractivity contribution in [3.63, 3.8) is 0 Å². The normalized spacial score (nSPS) is 11.2. The van der Waals surface area contributed by atoms with Gasteiger partial charge in [0, 0.05) is 6.07 Å². The number of carbonyl (C=O) groups is 1. The topological polar surface area (TPSA) is 137 Å². The van der Waals surface area contributed by atoms with E-state index in [-0.39, 0.29) is 22.6 Å². The van der Waals surface area contributed by atoms with Gasteiger partial charge in [-0.05, 0) is 24.3 Å². The van der Waals surface area contributed by atoms with Gasteiger partial charge in [0.25, 0.3) is 5.89 Å². The van der Waals surface area contributed by atoms with Crippen LogP contribution in [0.4, 0.5) is 6.01 Å². The molecule has 0 atom stereocenters. The molecule has 0 spiro atoms. The summed E-state index contributed by atoms with van der Waals surface area (Å²) in [7, 11) is -2.36. The van der Waals surface area contributed by atoms with Gasteiger partial charge in [-0.25, -0.2) is 8.42 Å². The van der Waals surface area contributed by atoms with Crippen LogP contribution in [0.2, 0.25) is 0 Å². The van der Waals surface area contributed by atoms with E-state index in [4.69, 9.17) is 13.7 Å². The summed E-state index contributed by atoms with van der Waals surface area (Å²) in [6.07, 6.45) is 1.39. The van der Waals surface area contributed by atoms with Crippen LogP contribution in [-0.2, 0) is 14.6 Å². The van der Waals surface area contributed by atoms with Gasteiger partial charge in [-0.1, -0.05) is 10.3 Å². The summed E-state index contributed by atoms with van der Waals surface area (Å²) in [5.41, 5.74) is 0. The molecule has 1 amide bonds. The fourth-order valence-corrected chi connectivity index (χ4v) is 3.03. The summed E-state index contributed by atoms with van der Waals surface area (Å²) in [6.45, 7) is 0. The quantitative estimate of drug-likeness (QED) is 0.682. The molecule has 0 aliphatic heterocycles. The molecule has 0 aliphatic carbocycles. The third-order valence-electron chi connectivity index (χ3n) is 3.06. The van der Waals surface area contributed by atoms with Crippen molar-refractivity contribution in [1.29, 1.82) is 0 Å². The van der Waals surface area contributed by atoms with E-state index < -0.39 is 21.5 Å². The lowest BCUT2D eigenvalue weighted by atomic mass is 10.3. The zero-order chi connectivity index (χ0) is 17.9. The first-order valence-corrected chi connectivity index (χ1v) is 8.54. The zero-order valence-corrected chi connectivity index (χ0v) is 13.7. The molecule has 0 aliphatic rings. The average molecular weight is 364 g/mol. The number of aromatic nitrogens is 3. The van der Waals surface area contributed by atoms with Crippen molar-refractivity contribution in [2.45, 2.75) is 4.90 Å². The van der Waals surface area contributed by atoms with Crippen LogP contribution >= 0.6 is 0 Å². The Labute approximate surface area is 141 Å². The van der Waals surface area contributed by atoms with Crippen LogP contribution < -0.4 is 10.1 Å². The maximum Gasteiger partial charge on any atom is 0.322 e. The van der Waals surface area contributed by atoms with Crippen molar-refractivity contribution in [3.8, 4) is 17.4 Å². The van der Waals surface area contributed by atoms with Crippen LogP contribution in [-0.4, -0.2) is 42.5 Å². The highest BCUT2D eigenvalue weighted by molar-refractivity contribution is 7.92. The Morgan fingerprint density at radius 1 is 1.20 bits per heavy atom. The van der Waals surface area contributed by atoms with E-state index >= 15 is 0 Å². The summed E-state index contributed by atoms with van der Waals surface area (Å²) in [4.78, 5) is 11.9. The highest BCUT2D eigenvalue weighted by atomic mass is 32.2. The molecule has 3 rings (SSSR count). The van der Waals surface area contributed by atoms with Gasteiger partial charge in [-0.15, -0.1) is 5.10 Å². The smallest absolute Gasteiger partial charge is 0.322 e. The molecule has 0 radical (unpaired) electrons. The monoisotopic (exact) mass is 364 g/mol. The van der Waals surface area contributed by atoms with Crippen LogP contribution in [0.25, 0.3) is 11.7 Å². The van der Waals surface area contributed by atoms with Crippen LogP contribution in [0.15, 0.2) is 50.4 Å². The third kappa shape index (κ3) is 3.83. The minimum absolute atomic E-state index is 0.00340. The van der Waals surface area contributed by atoms with E-state index in [1.807, 2.05) is 0 Å². The fraction of sp³-hybridized carbons (Fsp3) is 0.143. The Bertz CT molecular complexity index is 963. The summed E-state index contributed by atoms with van der Waals surface area (Å²) >= 11 is 0. The van der Waals surface area contributed by atoms with Crippen molar-refractivity contribution >= 4 is 21.8 Å². The first-order chi connectivity index (χ1) is 12.0. The average Bonchev–Trinajstić information content (AvgIpc) is 3.25. The van der Waals surface area contributed by atoms with Crippen LogP contribution in [0, 0.1) is 0 Å². The molecule has 2 aromatic heterocycles. The van der Waals surface area contributed by atoms with Gasteiger partial charge < -0.3 is 13.7 Å². The summed E-state index contributed by atoms with van der Waals surface area (Å²) in [5.74, 6) is -0.859. The SMILES string of the molecule is COc1ccc(S(=O)(=O)CC(=O)Nc2nnc(-c3ccno3)o2)cc1. The molecule has 0 fully saturated rings. The first-order valence-electron chi connectivity index (χ1n) is 6.89. The molecule has 0 unspecified atom stereocenters. The highest BCUT2D eigenvalue weighted by Gasteiger charge is 2.21. The van der Waals surface area contributed by atoms with Crippen LogP contribution in [0.1, 0.15) is 0 Å². The molecule has 1 N–H and O–H groups in total. The van der Waals surface area contributed by atoms with Crippen molar-refractivity contribution < 1.29 is 26.9 Å². The molecule has 130 valence electrons. The second-order valence-electron chi connectivity index (χ2n) is 4.77.